The van der Waals surface area contributed by atoms with Gasteiger partial charge < -0.3 is 35.7 Å². The molecule has 5 aromatic carbocycles. The number of hydrogen-bond donors (Lipinski definition) is 4. The number of nitrogens with two attached hydrogens (primary N) is 1. The second-order valence-corrected chi connectivity index (χ2v) is 26.0. The maximum Gasteiger partial charge on any atom is 0.405 e. The van der Waals surface area contributed by atoms with E-state index in [0.717, 1.165) is 5.56 Å². The fraction of sp³-hybridized carbons (Fsp3) is 0.267. The summed E-state index contributed by atoms with van der Waals surface area (Å²) in [5.41, 5.74) is 8.78. The standard InChI is InChI=1S/C45H52N8O10S2Si/c1-61-33-16-10-30(11-17-33)27-52(28-31-12-18-34(62-2)19-13-31)65(59,60)43-39(64(57,58)24-25-66(4,5)6)23-22-36(37-8-7-9-38(42(37)46)48-40(54)26-47-45(55)56)41(43)44-49-51-53(50-44)29-32-14-20-35(63-3)21-15-32/h7-23,47H,24-29,46H2,1-6H3,(H,48,54)(H,55,56). The Labute approximate surface area is 384 Å². The summed E-state index contributed by atoms with van der Waals surface area (Å²) in [6.07, 6.45) is -1.41. The molecule has 0 saturated heterocycles. The normalized spacial score (nSPS) is 11.9. The number of methoxy groups -OCH3 is 3. The van der Waals surface area contributed by atoms with Gasteiger partial charge in [-0.25, -0.2) is 21.6 Å². The van der Waals surface area contributed by atoms with Crippen LogP contribution in [0, 0.1) is 0 Å². The number of sulfonamides is 1. The van der Waals surface area contributed by atoms with Crippen molar-refractivity contribution in [3.63, 3.8) is 0 Å². The molecule has 0 saturated carbocycles. The third-order valence-electron chi connectivity index (χ3n) is 10.4. The average Bonchev–Trinajstić information content (AvgIpc) is 3.76. The summed E-state index contributed by atoms with van der Waals surface area (Å²) in [6, 6.07) is 28.4. The van der Waals surface area contributed by atoms with Gasteiger partial charge in [-0.05, 0) is 82.0 Å². The zero-order valence-electron chi connectivity index (χ0n) is 37.3. The number of tetrazole rings is 1. The highest BCUT2D eigenvalue weighted by Gasteiger charge is 2.38. The zero-order valence-corrected chi connectivity index (χ0v) is 39.9. The number of anilines is 2. The topological polar surface area (TPSA) is 247 Å². The van der Waals surface area contributed by atoms with E-state index >= 15 is 8.42 Å². The van der Waals surface area contributed by atoms with E-state index in [1.807, 2.05) is 25.0 Å². The van der Waals surface area contributed by atoms with Crippen molar-refractivity contribution in [3.05, 3.63) is 120 Å². The number of ether oxygens (including phenoxy) is 3. The van der Waals surface area contributed by atoms with Crippen molar-refractivity contribution in [3.8, 4) is 39.8 Å². The van der Waals surface area contributed by atoms with Crippen LogP contribution in [0.1, 0.15) is 16.7 Å². The van der Waals surface area contributed by atoms with E-state index in [4.69, 9.17) is 25.1 Å². The lowest BCUT2D eigenvalue weighted by molar-refractivity contribution is -0.115. The highest BCUT2D eigenvalue weighted by Crippen LogP contribution is 2.44. The first-order valence-electron chi connectivity index (χ1n) is 20.5. The highest BCUT2D eigenvalue weighted by molar-refractivity contribution is 7.93. The number of rotatable bonds is 20. The van der Waals surface area contributed by atoms with Crippen LogP contribution in [0.2, 0.25) is 25.7 Å². The number of sulfone groups is 1. The van der Waals surface area contributed by atoms with Crippen LogP contribution >= 0.6 is 0 Å². The summed E-state index contributed by atoms with van der Waals surface area (Å²) < 4.78 is 78.9. The number of para-hydroxylation sites is 1. The first-order chi connectivity index (χ1) is 31.3. The monoisotopic (exact) mass is 956 g/mol. The van der Waals surface area contributed by atoms with E-state index < -0.39 is 56.3 Å². The number of carbonyl (C=O) groups excluding carboxylic acids is 1. The molecule has 348 valence electrons. The Hall–Kier alpha value is -6.81. The van der Waals surface area contributed by atoms with E-state index in [1.165, 1.54) is 41.5 Å². The van der Waals surface area contributed by atoms with Crippen molar-refractivity contribution in [2.24, 2.45) is 0 Å². The number of carboxylic acid groups (broad SMARTS) is 1. The molecule has 0 bridgehead atoms. The second-order valence-electron chi connectivity index (χ2n) is 16.4. The van der Waals surface area contributed by atoms with Gasteiger partial charge in [0.2, 0.25) is 21.8 Å². The Bertz CT molecular complexity index is 2860. The molecule has 6 aromatic rings. The van der Waals surface area contributed by atoms with E-state index in [1.54, 1.807) is 92.0 Å². The predicted molar refractivity (Wildman–Crippen MR) is 252 cm³/mol. The minimum Gasteiger partial charge on any atom is -0.497 e. The number of aromatic nitrogens is 4. The highest BCUT2D eigenvalue weighted by atomic mass is 32.2. The quantitative estimate of drug-likeness (QED) is 0.0480. The summed E-state index contributed by atoms with van der Waals surface area (Å²) in [5, 5.41) is 27.0. The third-order valence-corrected chi connectivity index (χ3v) is 16.3. The minimum atomic E-state index is -4.92. The molecule has 21 heteroatoms. The number of benzene rings is 5. The smallest absolute Gasteiger partial charge is 0.405 e. The summed E-state index contributed by atoms with van der Waals surface area (Å²) in [7, 11) is -6.73. The molecule has 0 aliphatic carbocycles. The summed E-state index contributed by atoms with van der Waals surface area (Å²) in [6.45, 7) is 5.17. The van der Waals surface area contributed by atoms with Gasteiger partial charge in [0.15, 0.2) is 9.84 Å². The number of carbonyl (C=O) groups is 2. The Morgan fingerprint density at radius 1 is 0.758 bits per heavy atom. The van der Waals surface area contributed by atoms with Crippen molar-refractivity contribution < 1.29 is 45.7 Å². The SMILES string of the molecule is COc1ccc(CN(Cc2ccc(OC)cc2)S(=O)(=O)c2c(S(=O)(=O)CC[Si](C)(C)C)ccc(-c3cccc(NC(=O)CNC(=O)O)c3N)c2-c2nnn(Cc3ccc(OC)cc3)n2)cc1. The third kappa shape index (κ3) is 11.9. The zero-order chi connectivity index (χ0) is 47.8. The summed E-state index contributed by atoms with van der Waals surface area (Å²) in [4.78, 5) is 24.1. The fourth-order valence-corrected chi connectivity index (χ4v) is 13.6. The van der Waals surface area contributed by atoms with Gasteiger partial charge in [0.25, 0.3) is 0 Å². The Morgan fingerprint density at radius 2 is 1.30 bits per heavy atom. The molecule has 0 radical (unpaired) electrons. The van der Waals surface area contributed by atoms with Crippen LogP contribution < -0.4 is 30.6 Å². The van der Waals surface area contributed by atoms with Crippen molar-refractivity contribution >= 4 is 51.3 Å². The molecule has 6 rings (SSSR count). The molecule has 0 aliphatic rings. The first-order valence-corrected chi connectivity index (χ1v) is 27.3. The molecular weight excluding hydrogens is 905 g/mol. The predicted octanol–water partition coefficient (Wildman–Crippen LogP) is 6.37. The lowest BCUT2D eigenvalue weighted by Crippen LogP contribution is -2.32. The summed E-state index contributed by atoms with van der Waals surface area (Å²) >= 11 is 0. The maximum atomic E-state index is 16.0. The van der Waals surface area contributed by atoms with Crippen molar-refractivity contribution in [2.45, 2.75) is 55.1 Å². The molecule has 2 amide bonds. The van der Waals surface area contributed by atoms with Crippen molar-refractivity contribution in [1.29, 1.82) is 0 Å². The fourth-order valence-electron chi connectivity index (χ4n) is 6.85. The second kappa shape index (κ2) is 20.6. The number of amides is 2. The van der Waals surface area contributed by atoms with Crippen molar-refractivity contribution in [2.75, 3.05) is 44.7 Å². The Balaban J connectivity index is 1.65. The molecular formula is C45H52N8O10S2Si. The molecule has 5 N–H and O–H groups in total. The lowest BCUT2D eigenvalue weighted by Gasteiger charge is -2.27. The van der Waals surface area contributed by atoms with Gasteiger partial charge in [-0.2, -0.15) is 9.10 Å². The summed E-state index contributed by atoms with van der Waals surface area (Å²) in [5.74, 6) is 0.420. The number of nitrogens with one attached hydrogen (secondary N) is 2. The van der Waals surface area contributed by atoms with Crippen LogP contribution in [0.3, 0.4) is 0 Å². The van der Waals surface area contributed by atoms with Crippen LogP contribution in [0.5, 0.6) is 17.2 Å². The van der Waals surface area contributed by atoms with Crippen LogP contribution in [0.15, 0.2) is 113 Å². The van der Waals surface area contributed by atoms with Gasteiger partial charge in [-0.3, -0.25) is 4.79 Å². The van der Waals surface area contributed by atoms with Crippen LogP contribution in [0.4, 0.5) is 16.2 Å². The molecule has 1 aromatic heterocycles. The largest absolute Gasteiger partial charge is 0.497 e. The van der Waals surface area contributed by atoms with Crippen LogP contribution in [-0.4, -0.2) is 100 Å². The Morgan fingerprint density at radius 3 is 1.82 bits per heavy atom. The maximum absolute atomic E-state index is 16.0. The van der Waals surface area contributed by atoms with Gasteiger partial charge in [-0.15, -0.1) is 10.2 Å². The van der Waals surface area contributed by atoms with Gasteiger partial charge in [0.1, 0.15) is 28.7 Å². The molecule has 0 atom stereocenters. The Kier molecular flexibility index (Phi) is 15.2. The number of nitrogens with zero attached hydrogens (tertiary/aromatic N) is 5. The first kappa shape index (κ1) is 48.6. The van der Waals surface area contributed by atoms with E-state index in [2.05, 4.69) is 20.7 Å². The van der Waals surface area contributed by atoms with Crippen LogP contribution in [0.25, 0.3) is 22.5 Å². The molecule has 0 spiro atoms. The molecule has 0 unspecified atom stereocenters. The van der Waals surface area contributed by atoms with E-state index in [0.29, 0.717) is 34.4 Å². The van der Waals surface area contributed by atoms with Gasteiger partial charge in [-0.1, -0.05) is 74.2 Å². The van der Waals surface area contributed by atoms with Gasteiger partial charge in [0.05, 0.1) is 55.5 Å². The van der Waals surface area contributed by atoms with E-state index in [9.17, 15) is 18.0 Å². The average molecular weight is 957 g/mol. The minimum absolute atomic E-state index is 0.0425. The molecule has 1 heterocycles. The van der Waals surface area contributed by atoms with E-state index in [-0.39, 0.29) is 59.3 Å². The molecule has 0 fully saturated rings. The van der Waals surface area contributed by atoms with Gasteiger partial charge in [0, 0.05) is 26.7 Å². The van der Waals surface area contributed by atoms with Gasteiger partial charge >= 0.3 is 6.09 Å². The molecule has 0 aliphatic heterocycles. The number of hydrogen-bond acceptors (Lipinski definition) is 13. The number of nitrogen functional groups attached to an aromatic ring is 1. The van der Waals surface area contributed by atoms with Crippen LogP contribution in [-0.2, 0) is 44.3 Å². The molecule has 18 nitrogen and oxygen atoms in total. The van der Waals surface area contributed by atoms with Crippen molar-refractivity contribution in [1.82, 2.24) is 29.8 Å². The lowest BCUT2D eigenvalue weighted by atomic mass is 9.97. The molecule has 66 heavy (non-hydrogen) atoms.